The fraction of sp³-hybridized carbons (Fsp3) is 0.150. The molecule has 1 N–H and O–H groups in total. The van der Waals surface area contributed by atoms with Gasteiger partial charge < -0.3 is 9.15 Å². The molecule has 0 saturated heterocycles. The van der Waals surface area contributed by atoms with Crippen LogP contribution in [0.3, 0.4) is 0 Å². The van der Waals surface area contributed by atoms with E-state index in [4.69, 9.17) is 9.15 Å². The van der Waals surface area contributed by atoms with Crippen LogP contribution in [0.25, 0.3) is 11.0 Å². The molecule has 8 heteroatoms. The summed E-state index contributed by atoms with van der Waals surface area (Å²) in [5.74, 6) is -0.141. The van der Waals surface area contributed by atoms with Crippen molar-refractivity contribution in [3.05, 3.63) is 76.4 Å². The van der Waals surface area contributed by atoms with E-state index in [1.54, 1.807) is 19.9 Å². The van der Waals surface area contributed by atoms with Gasteiger partial charge in [0.15, 0.2) is 0 Å². The monoisotopic (exact) mass is 465 g/mol. The van der Waals surface area contributed by atoms with Crippen LogP contribution in [0.2, 0.25) is 0 Å². The van der Waals surface area contributed by atoms with Crippen LogP contribution in [0.1, 0.15) is 23.0 Å². The number of benzene rings is 1. The highest BCUT2D eigenvalue weighted by Crippen LogP contribution is 2.35. The second kappa shape index (κ2) is 9.07. The topological polar surface area (TPSA) is 85.6 Å². The fourth-order valence-electron chi connectivity index (χ4n) is 2.49. The van der Waals surface area contributed by atoms with E-state index in [0.29, 0.717) is 21.2 Å². The van der Waals surface area contributed by atoms with Gasteiger partial charge in [0, 0.05) is 9.86 Å². The van der Waals surface area contributed by atoms with Crippen molar-refractivity contribution < 1.29 is 22.4 Å². The zero-order valence-corrected chi connectivity index (χ0v) is 17.9. The van der Waals surface area contributed by atoms with Crippen molar-refractivity contribution in [2.75, 3.05) is 11.3 Å². The second-order valence-corrected chi connectivity index (χ2v) is 8.12. The Morgan fingerprint density at radius 1 is 1.32 bits per heavy atom. The Morgan fingerprint density at radius 3 is 2.64 bits per heavy atom. The Bertz CT molecular complexity index is 1090. The second-order valence-electron chi connectivity index (χ2n) is 5.59. The van der Waals surface area contributed by atoms with Crippen LogP contribution in [0, 0.1) is 6.92 Å². The molecule has 0 amide bonds. The first-order valence-corrected chi connectivity index (χ1v) is 10.6. The summed E-state index contributed by atoms with van der Waals surface area (Å²) in [6, 6.07) is 3.13. The van der Waals surface area contributed by atoms with Crippen molar-refractivity contribution in [2.45, 2.75) is 13.8 Å². The van der Waals surface area contributed by atoms with Gasteiger partial charge in [0.25, 0.3) is 10.0 Å². The number of carbonyl (C=O) groups is 1. The molecular formula is C20H20BrNO5S. The summed E-state index contributed by atoms with van der Waals surface area (Å²) in [5.41, 5.74) is 0.947. The molecular weight excluding hydrogens is 446 g/mol. The standard InChI is InChI=1S/C20H20BrNO5S/c1-5-8-10-14(9-6-2)28(24,25)22-17-11-15-18(12-16(17)21)27-13(4)19(15)20(23)26-7-3/h5-6,8-12,22H,1-2,7H2,3-4H3/b10-8-,14-9+. The molecule has 1 aromatic heterocycles. The summed E-state index contributed by atoms with van der Waals surface area (Å²) in [6.07, 6.45) is 7.11. The van der Waals surface area contributed by atoms with Gasteiger partial charge in [0.2, 0.25) is 0 Å². The lowest BCUT2D eigenvalue weighted by Crippen LogP contribution is -2.14. The normalized spacial score (nSPS) is 12.3. The molecule has 0 aliphatic heterocycles. The largest absolute Gasteiger partial charge is 0.462 e. The van der Waals surface area contributed by atoms with Crippen LogP contribution in [-0.2, 0) is 14.8 Å². The number of hydrogen-bond acceptors (Lipinski definition) is 5. The molecule has 0 aliphatic rings. The number of halogens is 1. The van der Waals surface area contributed by atoms with E-state index in [1.165, 1.54) is 36.4 Å². The van der Waals surface area contributed by atoms with Crippen LogP contribution < -0.4 is 4.72 Å². The first kappa shape index (κ1) is 21.7. The number of rotatable bonds is 8. The highest BCUT2D eigenvalue weighted by atomic mass is 79.9. The minimum Gasteiger partial charge on any atom is -0.462 e. The molecule has 0 radical (unpaired) electrons. The number of hydrogen-bond donors (Lipinski definition) is 1. The molecule has 148 valence electrons. The summed E-state index contributed by atoms with van der Waals surface area (Å²) < 4.78 is 39.2. The molecule has 6 nitrogen and oxygen atoms in total. The van der Waals surface area contributed by atoms with Gasteiger partial charge in [-0.2, -0.15) is 0 Å². The van der Waals surface area contributed by atoms with E-state index in [1.807, 2.05) is 0 Å². The van der Waals surface area contributed by atoms with Crippen LogP contribution in [-0.4, -0.2) is 21.0 Å². The first-order valence-electron chi connectivity index (χ1n) is 8.29. The number of sulfonamides is 1. The molecule has 1 aromatic carbocycles. The third-order valence-corrected chi connectivity index (χ3v) is 5.70. The number of ether oxygens (including phenoxy) is 1. The quantitative estimate of drug-likeness (QED) is 0.425. The Labute approximate surface area is 172 Å². The van der Waals surface area contributed by atoms with Gasteiger partial charge in [-0.3, -0.25) is 4.72 Å². The highest BCUT2D eigenvalue weighted by Gasteiger charge is 2.23. The van der Waals surface area contributed by atoms with Crippen molar-refractivity contribution in [1.82, 2.24) is 0 Å². The maximum atomic E-state index is 12.8. The number of carbonyl (C=O) groups excluding carboxylic acids is 1. The van der Waals surface area contributed by atoms with Crippen LogP contribution in [0.4, 0.5) is 5.69 Å². The van der Waals surface area contributed by atoms with E-state index in [0.717, 1.165) is 0 Å². The van der Waals surface area contributed by atoms with Crippen molar-refractivity contribution in [1.29, 1.82) is 0 Å². The van der Waals surface area contributed by atoms with Crippen molar-refractivity contribution in [3.8, 4) is 0 Å². The number of anilines is 1. The Morgan fingerprint density at radius 2 is 2.04 bits per heavy atom. The van der Waals surface area contributed by atoms with E-state index < -0.39 is 16.0 Å². The van der Waals surface area contributed by atoms with E-state index in [9.17, 15) is 13.2 Å². The zero-order valence-electron chi connectivity index (χ0n) is 15.5. The average Bonchev–Trinajstić information content (AvgIpc) is 2.93. The number of allylic oxidation sites excluding steroid dienone is 5. The lowest BCUT2D eigenvalue weighted by Gasteiger charge is -2.11. The molecule has 0 fully saturated rings. The highest BCUT2D eigenvalue weighted by molar-refractivity contribution is 9.10. The van der Waals surface area contributed by atoms with E-state index >= 15 is 0 Å². The molecule has 0 saturated carbocycles. The average molecular weight is 466 g/mol. The molecule has 0 unspecified atom stereocenters. The lowest BCUT2D eigenvalue weighted by molar-refractivity contribution is 0.0526. The zero-order chi connectivity index (χ0) is 20.9. The third-order valence-electron chi connectivity index (χ3n) is 3.67. The Hall–Kier alpha value is -2.58. The predicted octanol–water partition coefficient (Wildman–Crippen LogP) is 5.23. The fourth-order valence-corrected chi connectivity index (χ4v) is 4.16. The van der Waals surface area contributed by atoms with Gasteiger partial charge in [-0.05, 0) is 54.1 Å². The molecule has 0 aliphatic carbocycles. The summed E-state index contributed by atoms with van der Waals surface area (Å²) in [6.45, 7) is 10.6. The number of nitrogens with one attached hydrogen (secondary N) is 1. The molecule has 1 heterocycles. The molecule has 0 spiro atoms. The number of furan rings is 1. The summed E-state index contributed by atoms with van der Waals surface area (Å²) in [7, 11) is -3.91. The molecule has 2 aromatic rings. The maximum Gasteiger partial charge on any atom is 0.342 e. The third kappa shape index (κ3) is 4.63. The summed E-state index contributed by atoms with van der Waals surface area (Å²) in [4.78, 5) is 12.3. The van der Waals surface area contributed by atoms with Gasteiger partial charge >= 0.3 is 5.97 Å². The predicted molar refractivity (Wildman–Crippen MR) is 115 cm³/mol. The number of esters is 1. The smallest absolute Gasteiger partial charge is 0.342 e. The van der Waals surface area contributed by atoms with Crippen molar-refractivity contribution in [2.24, 2.45) is 0 Å². The Balaban J connectivity index is 2.56. The Kier molecular flexibility index (Phi) is 7.04. The molecule has 0 bridgehead atoms. The molecule has 2 rings (SSSR count). The SMILES string of the molecule is C=C/C=C\C(=C/C=C)S(=O)(=O)Nc1cc2c(C(=O)OCC)c(C)oc2cc1Br. The summed E-state index contributed by atoms with van der Waals surface area (Å²) >= 11 is 3.34. The summed E-state index contributed by atoms with van der Waals surface area (Å²) in [5, 5.41) is 0.452. The minimum atomic E-state index is -3.91. The van der Waals surface area contributed by atoms with Crippen LogP contribution >= 0.6 is 15.9 Å². The lowest BCUT2D eigenvalue weighted by atomic mass is 10.1. The first-order chi connectivity index (χ1) is 13.2. The van der Waals surface area contributed by atoms with Gasteiger partial charge in [0.05, 0.1) is 17.2 Å². The van der Waals surface area contributed by atoms with E-state index in [2.05, 4.69) is 33.8 Å². The van der Waals surface area contributed by atoms with Gasteiger partial charge in [0.1, 0.15) is 16.9 Å². The van der Waals surface area contributed by atoms with Crippen molar-refractivity contribution in [3.63, 3.8) is 0 Å². The van der Waals surface area contributed by atoms with Crippen LogP contribution in [0.15, 0.2) is 69.5 Å². The van der Waals surface area contributed by atoms with Gasteiger partial charge in [-0.25, -0.2) is 13.2 Å². The van der Waals surface area contributed by atoms with E-state index in [-0.39, 0.29) is 22.8 Å². The maximum absolute atomic E-state index is 12.8. The molecule has 0 atom stereocenters. The van der Waals surface area contributed by atoms with Gasteiger partial charge in [-0.15, -0.1) is 0 Å². The van der Waals surface area contributed by atoms with Gasteiger partial charge in [-0.1, -0.05) is 31.4 Å². The van der Waals surface area contributed by atoms with Crippen LogP contribution in [0.5, 0.6) is 0 Å². The molecule has 28 heavy (non-hydrogen) atoms. The minimum absolute atomic E-state index is 0.00314. The number of fused-ring (bicyclic) bond motifs is 1. The number of aryl methyl sites for hydroxylation is 1. The van der Waals surface area contributed by atoms with Crippen molar-refractivity contribution >= 4 is 48.6 Å².